The molecule has 0 unspecified atom stereocenters. The van der Waals surface area contributed by atoms with E-state index in [1.807, 2.05) is 47.2 Å². The van der Waals surface area contributed by atoms with Crippen LogP contribution in [0.25, 0.3) is 0 Å². The molecular weight excluding hydrogens is 719 g/mol. The van der Waals surface area contributed by atoms with Crippen LogP contribution in [0.1, 0.15) is 49.9 Å². The van der Waals surface area contributed by atoms with Crippen molar-refractivity contribution in [3.05, 3.63) is 143 Å². The zero-order chi connectivity index (χ0) is 39.6. The third-order valence-corrected chi connectivity index (χ3v) is 10.8. The molecule has 4 aromatic rings. The molecule has 0 bridgehead atoms. The molecule has 288 valence electrons. The third-order valence-electron chi connectivity index (χ3n) is 10.8. The maximum atomic E-state index is 14.0. The quantitative estimate of drug-likeness (QED) is 0.114. The van der Waals surface area contributed by atoms with Crippen molar-refractivity contribution in [2.24, 2.45) is 15.0 Å². The van der Waals surface area contributed by atoms with E-state index in [1.54, 1.807) is 42.5 Å². The number of allylic oxidation sites excluding steroid dienone is 2. The molecule has 0 aromatic heterocycles. The van der Waals surface area contributed by atoms with E-state index < -0.39 is 0 Å². The highest BCUT2D eigenvalue weighted by Crippen LogP contribution is 2.41. The van der Waals surface area contributed by atoms with Crippen molar-refractivity contribution >= 4 is 40.8 Å². The monoisotopic (exact) mass is 761 g/mol. The summed E-state index contributed by atoms with van der Waals surface area (Å²) in [5, 5.41) is 0. The fraction of sp³-hybridized carbons (Fsp3) is 0.239. The Morgan fingerprint density at radius 2 is 1.35 bits per heavy atom. The van der Waals surface area contributed by atoms with Gasteiger partial charge < -0.3 is 28.7 Å². The van der Waals surface area contributed by atoms with Gasteiger partial charge in [0, 0.05) is 37.1 Å². The van der Waals surface area contributed by atoms with Crippen molar-refractivity contribution in [2.45, 2.75) is 44.9 Å². The van der Waals surface area contributed by atoms with Crippen LogP contribution in [-0.4, -0.2) is 78.8 Å². The third kappa shape index (κ3) is 7.24. The number of amides is 2. The molecule has 2 amide bonds. The van der Waals surface area contributed by atoms with Gasteiger partial charge in [-0.3, -0.25) is 24.6 Å². The van der Waals surface area contributed by atoms with Gasteiger partial charge in [-0.1, -0.05) is 67.8 Å². The van der Waals surface area contributed by atoms with E-state index in [0.29, 0.717) is 82.8 Å². The Labute approximate surface area is 332 Å². The number of fused-ring (bicyclic) bond motifs is 6. The van der Waals surface area contributed by atoms with Crippen LogP contribution in [0.15, 0.2) is 125 Å². The fourth-order valence-electron chi connectivity index (χ4n) is 7.82. The molecule has 4 heterocycles. The molecule has 8 rings (SSSR count). The van der Waals surface area contributed by atoms with Gasteiger partial charge in [0.05, 0.1) is 60.2 Å². The number of nitrogens with zero attached hydrogens (tertiary/aromatic N) is 5. The smallest absolute Gasteiger partial charge is 0.257 e. The van der Waals surface area contributed by atoms with Gasteiger partial charge in [-0.25, -0.2) is 0 Å². The zero-order valence-corrected chi connectivity index (χ0v) is 32.2. The molecule has 0 saturated heterocycles. The van der Waals surface area contributed by atoms with Gasteiger partial charge in [-0.2, -0.15) is 0 Å². The second kappa shape index (κ2) is 15.8. The molecule has 0 saturated carbocycles. The Balaban J connectivity index is 0.992. The molecule has 0 N–H and O–H groups in total. The molecular formula is C46H43N5O6. The van der Waals surface area contributed by atoms with E-state index >= 15 is 0 Å². The summed E-state index contributed by atoms with van der Waals surface area (Å²) in [7, 11) is 3.07. The second-order valence-corrected chi connectivity index (χ2v) is 14.2. The van der Waals surface area contributed by atoms with Crippen LogP contribution < -0.4 is 18.9 Å². The minimum absolute atomic E-state index is 0.0361. The Bertz CT molecular complexity index is 2430. The van der Waals surface area contributed by atoms with Crippen molar-refractivity contribution in [3.8, 4) is 23.0 Å². The Kier molecular flexibility index (Phi) is 10.3. The maximum Gasteiger partial charge on any atom is 0.257 e. The number of carbonyl (C=O) groups excluding carboxylic acids is 2. The van der Waals surface area contributed by atoms with Crippen molar-refractivity contribution in [3.63, 3.8) is 0 Å². The molecule has 0 aliphatic carbocycles. The van der Waals surface area contributed by atoms with Gasteiger partial charge in [-0.05, 0) is 66.3 Å². The summed E-state index contributed by atoms with van der Waals surface area (Å²) in [5.41, 5.74) is 8.55. The van der Waals surface area contributed by atoms with Crippen LogP contribution >= 0.6 is 0 Å². The Morgan fingerprint density at radius 3 is 2.00 bits per heavy atom. The lowest BCUT2D eigenvalue weighted by atomic mass is 9.91. The van der Waals surface area contributed by atoms with Crippen molar-refractivity contribution in [2.75, 3.05) is 27.4 Å². The topological polar surface area (TPSA) is 115 Å². The van der Waals surface area contributed by atoms with Gasteiger partial charge in [-0.15, -0.1) is 0 Å². The van der Waals surface area contributed by atoms with Crippen LogP contribution in [0.5, 0.6) is 23.0 Å². The van der Waals surface area contributed by atoms with Crippen LogP contribution in [0.4, 0.5) is 11.4 Å². The fourth-order valence-corrected chi connectivity index (χ4v) is 7.82. The molecule has 4 aliphatic rings. The van der Waals surface area contributed by atoms with Gasteiger partial charge in [0.1, 0.15) is 13.2 Å². The first-order valence-electron chi connectivity index (χ1n) is 18.8. The molecule has 0 fully saturated rings. The van der Waals surface area contributed by atoms with Gasteiger partial charge >= 0.3 is 0 Å². The minimum Gasteiger partial charge on any atom is -0.493 e. The predicted molar refractivity (Wildman–Crippen MR) is 221 cm³/mol. The lowest BCUT2D eigenvalue weighted by Gasteiger charge is -2.36. The van der Waals surface area contributed by atoms with Gasteiger partial charge in [0.2, 0.25) is 0 Å². The number of benzene rings is 4. The first-order valence-corrected chi connectivity index (χ1v) is 18.8. The first-order chi connectivity index (χ1) is 27.8. The van der Waals surface area contributed by atoms with Crippen molar-refractivity contribution in [1.82, 2.24) is 9.80 Å². The molecule has 4 aromatic carbocycles. The second-order valence-electron chi connectivity index (χ2n) is 14.2. The highest BCUT2D eigenvalue weighted by molar-refractivity contribution is 6.07. The van der Waals surface area contributed by atoms with Gasteiger partial charge in [0.15, 0.2) is 23.0 Å². The summed E-state index contributed by atoms with van der Waals surface area (Å²) in [4.78, 5) is 46.0. The number of methoxy groups -OCH3 is 2. The van der Waals surface area contributed by atoms with E-state index in [4.69, 9.17) is 33.9 Å². The SMILES string of the molecule is C=C/C=C(COc1cc2c(cc1OC)C(=O)N1Cc3ccccc3C[C@H]1C=N2)\N=C(/C=C)COc1cc2c(cc1OC)C(=O)N1Cc3ccccc3C[C@H]1C(C)=N2. The summed E-state index contributed by atoms with van der Waals surface area (Å²) in [6.45, 7) is 10.9. The zero-order valence-electron chi connectivity index (χ0n) is 32.2. The van der Waals surface area contributed by atoms with E-state index in [0.717, 1.165) is 16.8 Å². The number of hydrogen-bond donors (Lipinski definition) is 0. The van der Waals surface area contributed by atoms with Crippen LogP contribution in [0.3, 0.4) is 0 Å². The minimum atomic E-state index is -0.156. The number of hydrogen-bond acceptors (Lipinski definition) is 9. The maximum absolute atomic E-state index is 14.0. The first kappa shape index (κ1) is 37.2. The number of aliphatic imine (C=N–C) groups is 3. The van der Waals surface area contributed by atoms with Crippen LogP contribution in [0.2, 0.25) is 0 Å². The number of rotatable bonds is 11. The predicted octanol–water partition coefficient (Wildman–Crippen LogP) is 7.81. The molecule has 2 atom stereocenters. The van der Waals surface area contributed by atoms with Crippen LogP contribution in [-0.2, 0) is 25.9 Å². The summed E-state index contributed by atoms with van der Waals surface area (Å²) in [5.74, 6) is 1.40. The largest absolute Gasteiger partial charge is 0.493 e. The van der Waals surface area contributed by atoms with Crippen LogP contribution in [0, 0.1) is 0 Å². The molecule has 57 heavy (non-hydrogen) atoms. The molecule has 11 nitrogen and oxygen atoms in total. The van der Waals surface area contributed by atoms with E-state index in [-0.39, 0.29) is 37.1 Å². The van der Waals surface area contributed by atoms with E-state index in [1.165, 1.54) is 25.3 Å². The van der Waals surface area contributed by atoms with Crippen molar-refractivity contribution in [1.29, 1.82) is 0 Å². The Hall–Kier alpha value is -6.75. The Morgan fingerprint density at radius 1 is 0.772 bits per heavy atom. The lowest BCUT2D eigenvalue weighted by molar-refractivity contribution is 0.0694. The molecule has 0 radical (unpaired) electrons. The normalized spacial score (nSPS) is 18.3. The molecule has 11 heteroatoms. The standard InChI is InChI=1S/C46H43N5O6/c1-6-12-34(27-57-43-21-38-36(19-41(43)54-4)45(52)50-24-31-15-10-8-13-29(31)17-35(50)23-47-38)49-33(7-2)26-56-44-22-39-37(20-42(44)55-5)46(53)51-25-32-16-11-9-14-30(32)18-40(51)28(3)48-39/h6-16,19-23,35,40H,1-2,17-18,24-27H2,3-5H3/b34-12-,49-33+/t35-,40-/m0/s1. The number of ether oxygens (including phenoxy) is 4. The molecule has 4 aliphatic heterocycles. The highest BCUT2D eigenvalue weighted by atomic mass is 16.5. The lowest BCUT2D eigenvalue weighted by Crippen LogP contribution is -2.47. The highest BCUT2D eigenvalue weighted by Gasteiger charge is 2.36. The molecule has 0 spiro atoms. The van der Waals surface area contributed by atoms with Gasteiger partial charge in [0.25, 0.3) is 11.8 Å². The van der Waals surface area contributed by atoms with Crippen molar-refractivity contribution < 1.29 is 28.5 Å². The van der Waals surface area contributed by atoms with E-state index in [9.17, 15) is 9.59 Å². The summed E-state index contributed by atoms with van der Waals surface area (Å²) < 4.78 is 23.9. The average molecular weight is 762 g/mol. The average Bonchev–Trinajstić information content (AvgIpc) is 3.42. The summed E-state index contributed by atoms with van der Waals surface area (Å²) >= 11 is 0. The van der Waals surface area contributed by atoms with E-state index in [2.05, 4.69) is 37.4 Å². The number of carbonyl (C=O) groups is 2. The summed E-state index contributed by atoms with van der Waals surface area (Å²) in [6.07, 6.45) is 8.20. The summed E-state index contributed by atoms with van der Waals surface area (Å²) in [6, 6.07) is 23.0.